The third-order valence-electron chi connectivity index (χ3n) is 5.98. The number of hydrogen-bond acceptors (Lipinski definition) is 6. The number of aryl methyl sites for hydroxylation is 1. The molecule has 0 heterocycles. The van der Waals surface area contributed by atoms with Gasteiger partial charge in [0.15, 0.2) is 0 Å². The molecule has 0 fully saturated rings. The molecule has 3 rings (SSSR count). The van der Waals surface area contributed by atoms with Crippen molar-refractivity contribution in [2.24, 2.45) is 0 Å². The predicted octanol–water partition coefficient (Wildman–Crippen LogP) is 4.90. The van der Waals surface area contributed by atoms with Gasteiger partial charge in [-0.1, -0.05) is 54.6 Å². The van der Waals surface area contributed by atoms with E-state index in [-0.39, 0.29) is 12.5 Å². The first-order chi connectivity index (χ1) is 17.5. The smallest absolute Gasteiger partial charge is 0.328 e. The van der Waals surface area contributed by atoms with Crippen molar-refractivity contribution in [3.63, 3.8) is 0 Å². The molecule has 0 saturated heterocycles. The molecular formula is C29H33NO5S. The first-order valence-corrected chi connectivity index (χ1v) is 13.2. The molecule has 1 unspecified atom stereocenters. The van der Waals surface area contributed by atoms with Crippen molar-refractivity contribution >= 4 is 23.6 Å². The van der Waals surface area contributed by atoms with Gasteiger partial charge in [-0.25, -0.2) is 4.79 Å². The van der Waals surface area contributed by atoms with E-state index < -0.39 is 12.0 Å². The molecule has 3 aromatic rings. The van der Waals surface area contributed by atoms with Crippen LogP contribution in [0.25, 0.3) is 11.1 Å². The topological polar surface area (TPSA) is 84.9 Å². The Kier molecular flexibility index (Phi) is 10.5. The molecule has 0 radical (unpaired) electrons. The van der Waals surface area contributed by atoms with Crippen LogP contribution in [0, 0.1) is 6.92 Å². The number of aliphatic hydroxyl groups is 1. The van der Waals surface area contributed by atoms with Crippen LogP contribution in [-0.2, 0) is 34.1 Å². The normalized spacial score (nSPS) is 11.7. The highest BCUT2D eigenvalue weighted by molar-refractivity contribution is 7.98. The summed E-state index contributed by atoms with van der Waals surface area (Å²) >= 11 is 1.61. The fourth-order valence-electron chi connectivity index (χ4n) is 3.97. The van der Waals surface area contributed by atoms with Crippen molar-refractivity contribution in [3.8, 4) is 11.1 Å². The van der Waals surface area contributed by atoms with E-state index in [2.05, 4.69) is 5.32 Å². The second-order valence-electron chi connectivity index (χ2n) is 8.45. The van der Waals surface area contributed by atoms with Crippen LogP contribution in [0.1, 0.15) is 39.0 Å². The Labute approximate surface area is 217 Å². The van der Waals surface area contributed by atoms with E-state index >= 15 is 0 Å². The van der Waals surface area contributed by atoms with E-state index in [1.54, 1.807) is 17.8 Å². The van der Waals surface area contributed by atoms with Crippen molar-refractivity contribution in [2.45, 2.75) is 39.2 Å². The van der Waals surface area contributed by atoms with E-state index in [1.807, 2.05) is 73.8 Å². The van der Waals surface area contributed by atoms with Crippen LogP contribution < -0.4 is 5.32 Å². The van der Waals surface area contributed by atoms with Gasteiger partial charge in [0, 0.05) is 5.56 Å². The summed E-state index contributed by atoms with van der Waals surface area (Å²) in [6.07, 6.45) is 2.44. The Morgan fingerprint density at radius 2 is 1.69 bits per heavy atom. The van der Waals surface area contributed by atoms with Crippen molar-refractivity contribution in [2.75, 3.05) is 19.1 Å². The Balaban J connectivity index is 1.86. The highest BCUT2D eigenvalue weighted by Gasteiger charge is 2.24. The van der Waals surface area contributed by atoms with Crippen molar-refractivity contribution in [1.82, 2.24) is 5.32 Å². The van der Waals surface area contributed by atoms with E-state index in [9.17, 15) is 14.7 Å². The molecule has 6 nitrogen and oxygen atoms in total. The highest BCUT2D eigenvalue weighted by atomic mass is 32.2. The Morgan fingerprint density at radius 3 is 2.39 bits per heavy atom. The summed E-state index contributed by atoms with van der Waals surface area (Å²) in [7, 11) is 1.33. The largest absolute Gasteiger partial charge is 0.467 e. The molecule has 7 heteroatoms. The summed E-state index contributed by atoms with van der Waals surface area (Å²) in [5, 5.41) is 12.4. The number of nitrogens with one attached hydrogen (secondary N) is 1. The molecule has 0 spiro atoms. The molecular weight excluding hydrogens is 474 g/mol. The quantitative estimate of drug-likeness (QED) is 0.340. The average Bonchev–Trinajstić information content (AvgIpc) is 2.91. The van der Waals surface area contributed by atoms with Crippen LogP contribution in [0.5, 0.6) is 0 Å². The van der Waals surface area contributed by atoms with Gasteiger partial charge in [0.1, 0.15) is 6.04 Å². The minimum atomic E-state index is -0.714. The maximum absolute atomic E-state index is 13.3. The summed E-state index contributed by atoms with van der Waals surface area (Å²) in [5.41, 5.74) is 5.93. The lowest BCUT2D eigenvalue weighted by Crippen LogP contribution is -2.42. The number of hydrogen-bond donors (Lipinski definition) is 2. The zero-order valence-corrected chi connectivity index (χ0v) is 21.8. The molecule has 3 aromatic carbocycles. The van der Waals surface area contributed by atoms with E-state index in [0.29, 0.717) is 25.2 Å². The van der Waals surface area contributed by atoms with Crippen LogP contribution >= 0.6 is 11.8 Å². The van der Waals surface area contributed by atoms with E-state index in [0.717, 1.165) is 39.1 Å². The molecule has 0 bridgehead atoms. The summed E-state index contributed by atoms with van der Waals surface area (Å²) in [4.78, 5) is 25.6. The molecule has 2 N–H and O–H groups in total. The maximum Gasteiger partial charge on any atom is 0.328 e. The predicted molar refractivity (Wildman–Crippen MR) is 144 cm³/mol. The van der Waals surface area contributed by atoms with Gasteiger partial charge >= 0.3 is 5.97 Å². The zero-order valence-electron chi connectivity index (χ0n) is 21.0. The van der Waals surface area contributed by atoms with E-state index in [4.69, 9.17) is 9.47 Å². The van der Waals surface area contributed by atoms with Crippen LogP contribution in [-0.4, -0.2) is 42.1 Å². The monoisotopic (exact) mass is 507 g/mol. The lowest BCUT2D eigenvalue weighted by molar-refractivity contribution is -0.142. The lowest BCUT2D eigenvalue weighted by Gasteiger charge is -2.19. The van der Waals surface area contributed by atoms with Crippen LogP contribution in [0.4, 0.5) is 0 Å². The van der Waals surface area contributed by atoms with Gasteiger partial charge in [-0.3, -0.25) is 4.79 Å². The Hall–Kier alpha value is -3.13. The number of rotatable bonds is 12. The number of benzene rings is 3. The van der Waals surface area contributed by atoms with Gasteiger partial charge in [-0.2, -0.15) is 11.8 Å². The molecule has 0 aliphatic rings. The zero-order chi connectivity index (χ0) is 25.9. The summed E-state index contributed by atoms with van der Waals surface area (Å²) in [5.74, 6) is -0.0578. The van der Waals surface area contributed by atoms with Crippen LogP contribution in [0.2, 0.25) is 0 Å². The maximum atomic E-state index is 13.3. The molecule has 0 aliphatic carbocycles. The van der Waals surface area contributed by atoms with Gasteiger partial charge in [0.05, 0.1) is 26.9 Å². The third-order valence-corrected chi connectivity index (χ3v) is 6.62. The average molecular weight is 508 g/mol. The van der Waals surface area contributed by atoms with Gasteiger partial charge in [0.25, 0.3) is 5.91 Å². The molecule has 0 saturated carbocycles. The van der Waals surface area contributed by atoms with Crippen molar-refractivity contribution in [3.05, 3.63) is 94.5 Å². The number of amides is 1. The molecule has 1 amide bonds. The number of thioether (sulfide) groups is 1. The lowest BCUT2D eigenvalue weighted by atomic mass is 9.93. The number of aliphatic hydroxyl groups excluding tert-OH is 1. The molecule has 190 valence electrons. The number of carbonyl (C=O) groups excluding carboxylic acids is 2. The van der Waals surface area contributed by atoms with Gasteiger partial charge in [-0.05, 0) is 70.9 Å². The highest BCUT2D eigenvalue weighted by Crippen LogP contribution is 2.29. The Morgan fingerprint density at radius 1 is 0.972 bits per heavy atom. The number of ether oxygens (including phenoxy) is 2. The second-order valence-corrected chi connectivity index (χ2v) is 9.43. The number of carbonyl (C=O) groups is 2. The molecule has 0 aliphatic heterocycles. The molecule has 0 aromatic heterocycles. The molecule has 1 atom stereocenters. The summed E-state index contributed by atoms with van der Waals surface area (Å²) in [6.45, 7) is 2.68. The third kappa shape index (κ3) is 7.20. The van der Waals surface area contributed by atoms with E-state index in [1.165, 1.54) is 7.11 Å². The second kappa shape index (κ2) is 13.8. The molecule has 36 heavy (non-hydrogen) atoms. The van der Waals surface area contributed by atoms with Gasteiger partial charge < -0.3 is 19.9 Å². The van der Waals surface area contributed by atoms with Crippen LogP contribution in [0.15, 0.2) is 66.7 Å². The van der Waals surface area contributed by atoms with Gasteiger partial charge in [-0.15, -0.1) is 0 Å². The Bertz CT molecular complexity index is 1180. The van der Waals surface area contributed by atoms with Crippen molar-refractivity contribution < 1.29 is 24.2 Å². The first-order valence-electron chi connectivity index (χ1n) is 11.8. The van der Waals surface area contributed by atoms with Gasteiger partial charge in [0.2, 0.25) is 0 Å². The van der Waals surface area contributed by atoms with Crippen LogP contribution in [0.3, 0.4) is 0 Å². The fourth-order valence-corrected chi connectivity index (χ4v) is 4.44. The SMILES string of the molecule is COC(=O)C(CCSC)NC(=O)c1ccc(COCc2ccccc2CO)cc1-c1ccccc1C. The number of methoxy groups -OCH3 is 1. The first kappa shape index (κ1) is 27.5. The standard InChI is InChI=1S/C29H33NO5S/c1-20-8-4-7-11-24(20)26-16-21(18-35-19-23-10-6-5-9-22(23)17-31)12-13-25(26)28(32)30-27(14-15-36-3)29(33)34-2/h4-13,16,27,31H,14-15,17-19H2,1-3H3,(H,30,32). The summed E-state index contributed by atoms with van der Waals surface area (Å²) < 4.78 is 10.9. The fraction of sp³-hybridized carbons (Fsp3) is 0.310. The summed E-state index contributed by atoms with van der Waals surface area (Å²) in [6, 6.07) is 20.4. The minimum Gasteiger partial charge on any atom is -0.467 e. The number of esters is 1. The minimum absolute atomic E-state index is 0.0374. The van der Waals surface area contributed by atoms with Crippen molar-refractivity contribution in [1.29, 1.82) is 0 Å².